The lowest BCUT2D eigenvalue weighted by molar-refractivity contribution is -0.118. The number of carbonyl (C=O) groups excluding carboxylic acids is 1. The molecule has 0 aliphatic heterocycles. The number of anilines is 1. The second-order valence-corrected chi connectivity index (χ2v) is 6.84. The summed E-state index contributed by atoms with van der Waals surface area (Å²) in [6.07, 6.45) is 2.33. The van der Waals surface area contributed by atoms with Crippen LogP contribution in [0.3, 0.4) is 0 Å². The first-order valence-corrected chi connectivity index (χ1v) is 8.69. The maximum atomic E-state index is 12.7. The first kappa shape index (κ1) is 16.4. The molecular weight excluding hydrogens is 322 g/mol. The van der Waals surface area contributed by atoms with Gasteiger partial charge in [-0.1, -0.05) is 25.1 Å². The Morgan fingerprint density at radius 3 is 2.83 bits per heavy atom. The molecule has 6 heteroatoms. The minimum atomic E-state index is -0.640. The SMILES string of the molecule is CCc1cc2c(=O)n([C@H](C)C(=O)Nc3ccccc3C)cnc2s1. The predicted molar refractivity (Wildman–Crippen MR) is 97.8 cm³/mol. The summed E-state index contributed by atoms with van der Waals surface area (Å²) in [5.74, 6) is -0.238. The molecule has 0 aliphatic rings. The zero-order valence-corrected chi connectivity index (χ0v) is 14.7. The Hall–Kier alpha value is -2.47. The standard InChI is InChI=1S/C18H19N3O2S/c1-4-13-9-14-17(24-13)19-10-21(18(14)23)12(3)16(22)20-15-8-6-5-7-11(15)2/h5-10,12H,4H2,1-3H3,(H,20,22)/t12-/m1/s1. The third-order valence-electron chi connectivity index (χ3n) is 4.08. The predicted octanol–water partition coefficient (Wildman–Crippen LogP) is 3.53. The van der Waals surface area contributed by atoms with Crippen molar-refractivity contribution in [2.45, 2.75) is 33.2 Å². The largest absolute Gasteiger partial charge is 0.324 e. The Morgan fingerprint density at radius 2 is 2.12 bits per heavy atom. The van der Waals surface area contributed by atoms with E-state index < -0.39 is 6.04 Å². The number of aryl methyl sites for hydroxylation is 2. The molecule has 3 rings (SSSR count). The van der Waals surface area contributed by atoms with Crippen molar-refractivity contribution in [3.05, 3.63) is 57.5 Å². The maximum Gasteiger partial charge on any atom is 0.262 e. The van der Waals surface area contributed by atoms with Crippen LogP contribution in [0.4, 0.5) is 5.69 Å². The third kappa shape index (κ3) is 2.97. The van der Waals surface area contributed by atoms with Crippen LogP contribution in [-0.4, -0.2) is 15.5 Å². The topological polar surface area (TPSA) is 64.0 Å². The fourth-order valence-corrected chi connectivity index (χ4v) is 3.44. The zero-order chi connectivity index (χ0) is 17.3. The number of hydrogen-bond donors (Lipinski definition) is 1. The summed E-state index contributed by atoms with van der Waals surface area (Å²) in [5.41, 5.74) is 1.55. The van der Waals surface area contributed by atoms with Crippen LogP contribution in [-0.2, 0) is 11.2 Å². The fourth-order valence-electron chi connectivity index (χ4n) is 2.51. The molecule has 2 heterocycles. The molecule has 24 heavy (non-hydrogen) atoms. The van der Waals surface area contributed by atoms with Crippen molar-refractivity contribution in [3.8, 4) is 0 Å². The van der Waals surface area contributed by atoms with Crippen molar-refractivity contribution < 1.29 is 4.79 Å². The van der Waals surface area contributed by atoms with Crippen LogP contribution in [0, 0.1) is 6.92 Å². The first-order chi connectivity index (χ1) is 11.5. The van der Waals surface area contributed by atoms with Gasteiger partial charge in [0.05, 0.1) is 11.7 Å². The van der Waals surface area contributed by atoms with Crippen LogP contribution in [0.5, 0.6) is 0 Å². The fraction of sp³-hybridized carbons (Fsp3) is 0.278. The molecule has 0 radical (unpaired) electrons. The van der Waals surface area contributed by atoms with Gasteiger partial charge in [0, 0.05) is 10.6 Å². The van der Waals surface area contributed by atoms with Gasteiger partial charge in [-0.05, 0) is 38.0 Å². The molecule has 1 N–H and O–H groups in total. The smallest absolute Gasteiger partial charge is 0.262 e. The molecule has 1 atom stereocenters. The molecule has 1 amide bonds. The van der Waals surface area contributed by atoms with Gasteiger partial charge in [0.1, 0.15) is 10.9 Å². The molecule has 3 aromatic rings. The molecule has 0 fully saturated rings. The van der Waals surface area contributed by atoms with Crippen molar-refractivity contribution in [3.63, 3.8) is 0 Å². The number of amides is 1. The zero-order valence-electron chi connectivity index (χ0n) is 13.9. The quantitative estimate of drug-likeness (QED) is 0.789. The lowest BCUT2D eigenvalue weighted by Gasteiger charge is -2.15. The Balaban J connectivity index is 1.92. The number of nitrogens with one attached hydrogen (secondary N) is 1. The Morgan fingerprint density at radius 1 is 1.38 bits per heavy atom. The van der Waals surface area contributed by atoms with Gasteiger partial charge in [0.15, 0.2) is 0 Å². The van der Waals surface area contributed by atoms with Crippen LogP contribution < -0.4 is 10.9 Å². The van der Waals surface area contributed by atoms with Gasteiger partial charge in [-0.25, -0.2) is 4.98 Å². The van der Waals surface area contributed by atoms with Crippen molar-refractivity contribution >= 4 is 33.1 Å². The summed E-state index contributed by atoms with van der Waals surface area (Å²) in [5, 5.41) is 3.45. The Bertz CT molecular complexity index is 958. The van der Waals surface area contributed by atoms with Crippen LogP contribution in [0.1, 0.15) is 30.3 Å². The number of para-hydroxylation sites is 1. The molecule has 124 valence electrons. The molecule has 0 spiro atoms. The summed E-state index contributed by atoms with van der Waals surface area (Å²) in [6, 6.07) is 8.79. The number of aromatic nitrogens is 2. The van der Waals surface area contributed by atoms with E-state index in [1.54, 1.807) is 6.92 Å². The van der Waals surface area contributed by atoms with Gasteiger partial charge in [0.25, 0.3) is 5.56 Å². The third-order valence-corrected chi connectivity index (χ3v) is 5.26. The molecule has 1 aromatic carbocycles. The van der Waals surface area contributed by atoms with Gasteiger partial charge in [-0.2, -0.15) is 0 Å². The van der Waals surface area contributed by atoms with Crippen molar-refractivity contribution in [1.82, 2.24) is 9.55 Å². The van der Waals surface area contributed by atoms with Crippen molar-refractivity contribution in [1.29, 1.82) is 0 Å². The normalized spacial score (nSPS) is 12.3. The van der Waals surface area contributed by atoms with Gasteiger partial charge >= 0.3 is 0 Å². The Kier molecular flexibility index (Phi) is 4.49. The highest BCUT2D eigenvalue weighted by atomic mass is 32.1. The number of nitrogens with zero attached hydrogens (tertiary/aromatic N) is 2. The van der Waals surface area contributed by atoms with Gasteiger partial charge < -0.3 is 5.32 Å². The highest BCUT2D eigenvalue weighted by molar-refractivity contribution is 7.18. The van der Waals surface area contributed by atoms with Gasteiger partial charge in [0.2, 0.25) is 5.91 Å². The minimum absolute atomic E-state index is 0.177. The molecule has 0 saturated heterocycles. The maximum absolute atomic E-state index is 12.7. The molecule has 0 bridgehead atoms. The van der Waals surface area contributed by atoms with E-state index in [1.807, 2.05) is 44.2 Å². The van der Waals surface area contributed by atoms with E-state index in [1.165, 1.54) is 22.2 Å². The van der Waals surface area contributed by atoms with E-state index >= 15 is 0 Å². The Labute approximate surface area is 144 Å². The van der Waals surface area contributed by atoms with Crippen LogP contribution in [0.2, 0.25) is 0 Å². The highest BCUT2D eigenvalue weighted by Gasteiger charge is 2.19. The van der Waals surface area contributed by atoms with E-state index in [0.29, 0.717) is 5.39 Å². The second-order valence-electron chi connectivity index (χ2n) is 5.72. The van der Waals surface area contributed by atoms with Crippen LogP contribution >= 0.6 is 11.3 Å². The summed E-state index contributed by atoms with van der Waals surface area (Å²) in [4.78, 5) is 31.4. The molecule has 5 nitrogen and oxygen atoms in total. The van der Waals surface area contributed by atoms with Crippen molar-refractivity contribution in [2.24, 2.45) is 0 Å². The van der Waals surface area contributed by atoms with Crippen molar-refractivity contribution in [2.75, 3.05) is 5.32 Å². The lowest BCUT2D eigenvalue weighted by Crippen LogP contribution is -2.31. The number of thiophene rings is 1. The average molecular weight is 341 g/mol. The number of carbonyl (C=O) groups is 1. The molecule has 0 saturated carbocycles. The summed E-state index contributed by atoms with van der Waals surface area (Å²) < 4.78 is 1.39. The van der Waals surface area contributed by atoms with E-state index in [2.05, 4.69) is 10.3 Å². The monoisotopic (exact) mass is 341 g/mol. The minimum Gasteiger partial charge on any atom is -0.324 e. The number of hydrogen-bond acceptors (Lipinski definition) is 4. The van der Waals surface area contributed by atoms with Crippen LogP contribution in [0.15, 0.2) is 41.5 Å². The summed E-state index contributed by atoms with van der Waals surface area (Å²) in [6.45, 7) is 5.68. The van der Waals surface area contributed by atoms with E-state index in [0.717, 1.165) is 27.4 Å². The van der Waals surface area contributed by atoms with E-state index in [9.17, 15) is 9.59 Å². The van der Waals surface area contributed by atoms with Gasteiger partial charge in [-0.15, -0.1) is 11.3 Å². The second kappa shape index (κ2) is 6.57. The van der Waals surface area contributed by atoms with E-state index in [-0.39, 0.29) is 11.5 Å². The number of rotatable bonds is 4. The molecular formula is C18H19N3O2S. The lowest BCUT2D eigenvalue weighted by atomic mass is 10.2. The summed E-state index contributed by atoms with van der Waals surface area (Å²) in [7, 11) is 0. The first-order valence-electron chi connectivity index (χ1n) is 7.87. The molecule has 2 aromatic heterocycles. The molecule has 0 aliphatic carbocycles. The summed E-state index contributed by atoms with van der Waals surface area (Å²) >= 11 is 1.52. The molecule has 0 unspecified atom stereocenters. The van der Waals surface area contributed by atoms with Crippen LogP contribution in [0.25, 0.3) is 10.2 Å². The van der Waals surface area contributed by atoms with E-state index in [4.69, 9.17) is 0 Å². The number of fused-ring (bicyclic) bond motifs is 1. The van der Waals surface area contributed by atoms with Gasteiger partial charge in [-0.3, -0.25) is 14.2 Å². The average Bonchev–Trinajstić information content (AvgIpc) is 3.01. The number of benzene rings is 1. The highest BCUT2D eigenvalue weighted by Crippen LogP contribution is 2.22.